The molecule has 0 spiro atoms. The zero-order chi connectivity index (χ0) is 18.8. The lowest BCUT2D eigenvalue weighted by Crippen LogP contribution is -2.05. The van der Waals surface area contributed by atoms with Gasteiger partial charge < -0.3 is 24.3 Å². The van der Waals surface area contributed by atoms with Gasteiger partial charge in [-0.1, -0.05) is 11.6 Å². The summed E-state index contributed by atoms with van der Waals surface area (Å²) in [4.78, 5) is 8.69. The molecular formula is C19H18ClN3O4. The van der Waals surface area contributed by atoms with Crippen LogP contribution in [0.25, 0.3) is 10.9 Å². The van der Waals surface area contributed by atoms with Gasteiger partial charge in [0.2, 0.25) is 0 Å². The summed E-state index contributed by atoms with van der Waals surface area (Å²) in [5.41, 5.74) is 1.40. The summed E-state index contributed by atoms with van der Waals surface area (Å²) in [6.45, 7) is 1.21. The topological polar surface area (TPSA) is 78.0 Å². The van der Waals surface area contributed by atoms with Crippen LogP contribution in [0.3, 0.4) is 0 Å². The van der Waals surface area contributed by atoms with Crippen LogP contribution in [0.5, 0.6) is 17.2 Å². The lowest BCUT2D eigenvalue weighted by Gasteiger charge is -2.14. The summed E-state index contributed by atoms with van der Waals surface area (Å²) in [5, 5.41) is 4.58. The maximum absolute atomic E-state index is 6.30. The molecule has 1 saturated heterocycles. The molecule has 0 aliphatic carbocycles. The molecule has 7 nitrogen and oxygen atoms in total. The smallest absolute Gasteiger partial charge is 0.163 e. The van der Waals surface area contributed by atoms with Crippen molar-refractivity contribution in [2.75, 3.05) is 32.8 Å². The molecule has 4 rings (SSSR count). The maximum atomic E-state index is 6.30. The lowest BCUT2D eigenvalue weighted by atomic mass is 10.2. The Bertz CT molecular complexity index is 979. The number of benzene rings is 2. The monoisotopic (exact) mass is 387 g/mol. The predicted octanol–water partition coefficient (Wildman–Crippen LogP) is 3.82. The predicted molar refractivity (Wildman–Crippen MR) is 103 cm³/mol. The first-order valence-corrected chi connectivity index (χ1v) is 8.73. The maximum Gasteiger partial charge on any atom is 0.163 e. The Kier molecular flexibility index (Phi) is 4.87. The van der Waals surface area contributed by atoms with Crippen molar-refractivity contribution in [2.24, 2.45) is 0 Å². The fourth-order valence-electron chi connectivity index (χ4n) is 2.64. The van der Waals surface area contributed by atoms with Crippen molar-refractivity contribution >= 4 is 34.0 Å². The molecular weight excluding hydrogens is 370 g/mol. The third kappa shape index (κ3) is 3.84. The highest BCUT2D eigenvalue weighted by Gasteiger charge is 2.24. The van der Waals surface area contributed by atoms with Gasteiger partial charge in [0.1, 0.15) is 30.6 Å². The van der Waals surface area contributed by atoms with E-state index in [0.717, 1.165) is 17.5 Å². The van der Waals surface area contributed by atoms with Gasteiger partial charge >= 0.3 is 0 Å². The summed E-state index contributed by atoms with van der Waals surface area (Å²) >= 11 is 6.30. The van der Waals surface area contributed by atoms with Crippen LogP contribution < -0.4 is 19.5 Å². The second-order valence-corrected chi connectivity index (χ2v) is 6.39. The van der Waals surface area contributed by atoms with Crippen molar-refractivity contribution < 1.29 is 18.9 Å². The van der Waals surface area contributed by atoms with E-state index in [1.165, 1.54) is 6.33 Å². The molecule has 1 N–H and O–H groups in total. The second kappa shape index (κ2) is 7.46. The number of epoxide rings is 1. The van der Waals surface area contributed by atoms with E-state index in [9.17, 15) is 0 Å². The molecule has 2 aromatic carbocycles. The number of rotatable bonds is 7. The summed E-state index contributed by atoms with van der Waals surface area (Å²) in [6.07, 6.45) is 1.64. The Labute approximate surface area is 161 Å². The van der Waals surface area contributed by atoms with E-state index in [2.05, 4.69) is 15.3 Å². The molecule has 0 radical (unpaired) electrons. The van der Waals surface area contributed by atoms with Gasteiger partial charge in [-0.2, -0.15) is 0 Å². The third-order valence-corrected chi connectivity index (χ3v) is 4.50. The van der Waals surface area contributed by atoms with Gasteiger partial charge in [0, 0.05) is 17.5 Å². The first kappa shape index (κ1) is 17.6. The zero-order valence-corrected chi connectivity index (χ0v) is 15.6. The fourth-order valence-corrected chi connectivity index (χ4v) is 2.80. The Morgan fingerprint density at radius 1 is 1.15 bits per heavy atom. The number of nitrogens with zero attached hydrogens (tertiary/aromatic N) is 2. The molecule has 0 unspecified atom stereocenters. The molecule has 8 heteroatoms. The van der Waals surface area contributed by atoms with E-state index in [-0.39, 0.29) is 6.10 Å². The fraction of sp³-hybridized carbons (Fsp3) is 0.263. The average molecular weight is 388 g/mol. The van der Waals surface area contributed by atoms with Gasteiger partial charge in [-0.15, -0.1) is 0 Å². The zero-order valence-electron chi connectivity index (χ0n) is 14.9. The van der Waals surface area contributed by atoms with Gasteiger partial charge in [-0.25, -0.2) is 9.97 Å². The normalized spacial score (nSPS) is 15.4. The molecule has 1 fully saturated rings. The minimum Gasteiger partial charge on any atom is -0.497 e. The van der Waals surface area contributed by atoms with Gasteiger partial charge in [0.05, 0.1) is 37.1 Å². The standard InChI is InChI=1S/C19H18ClN3O4/c1-24-11-3-4-14(20)16(5-11)23-19-13-6-17(25-2)18(27-9-12-8-26-12)7-15(13)21-10-22-19/h3-7,10,12H,8-9H2,1-2H3,(H,21,22,23)/t12-/m1/s1. The Hall–Kier alpha value is -2.77. The van der Waals surface area contributed by atoms with E-state index in [4.69, 9.17) is 30.5 Å². The third-order valence-electron chi connectivity index (χ3n) is 4.17. The highest BCUT2D eigenvalue weighted by atomic mass is 35.5. The van der Waals surface area contributed by atoms with Gasteiger partial charge in [0.25, 0.3) is 0 Å². The van der Waals surface area contributed by atoms with Crippen molar-refractivity contribution in [1.29, 1.82) is 0 Å². The molecule has 2 heterocycles. The summed E-state index contributed by atoms with van der Waals surface area (Å²) in [6, 6.07) is 9.03. The van der Waals surface area contributed by atoms with Crippen LogP contribution in [0.2, 0.25) is 5.02 Å². The summed E-state index contributed by atoms with van der Waals surface area (Å²) < 4.78 is 21.7. The number of anilines is 2. The second-order valence-electron chi connectivity index (χ2n) is 5.98. The SMILES string of the molecule is COc1ccc(Cl)c(Nc2ncnc3cc(OC[C@H]4CO4)c(OC)cc23)c1. The van der Waals surface area contributed by atoms with Gasteiger partial charge in [-0.3, -0.25) is 0 Å². The molecule has 0 amide bonds. The Morgan fingerprint density at radius 2 is 2.00 bits per heavy atom. The lowest BCUT2D eigenvalue weighted by molar-refractivity contribution is 0.252. The number of aromatic nitrogens is 2. The van der Waals surface area contributed by atoms with Crippen molar-refractivity contribution in [3.05, 3.63) is 41.7 Å². The van der Waals surface area contributed by atoms with Crippen LogP contribution in [0, 0.1) is 0 Å². The van der Waals surface area contributed by atoms with Crippen LogP contribution in [0.4, 0.5) is 11.5 Å². The largest absolute Gasteiger partial charge is 0.497 e. The number of ether oxygens (including phenoxy) is 4. The van der Waals surface area contributed by atoms with Gasteiger partial charge in [0.15, 0.2) is 11.5 Å². The number of hydrogen-bond acceptors (Lipinski definition) is 7. The number of hydrogen-bond donors (Lipinski definition) is 1. The molecule has 27 heavy (non-hydrogen) atoms. The molecule has 1 aliphatic heterocycles. The summed E-state index contributed by atoms with van der Waals surface area (Å²) in [5.74, 6) is 2.50. The minimum absolute atomic E-state index is 0.156. The van der Waals surface area contributed by atoms with Crippen molar-refractivity contribution in [2.45, 2.75) is 6.10 Å². The highest BCUT2D eigenvalue weighted by Crippen LogP contribution is 2.36. The van der Waals surface area contributed by atoms with E-state index in [1.807, 2.05) is 12.1 Å². The molecule has 0 saturated carbocycles. The Balaban J connectivity index is 1.70. The number of fused-ring (bicyclic) bond motifs is 1. The highest BCUT2D eigenvalue weighted by molar-refractivity contribution is 6.33. The molecule has 3 aromatic rings. The van der Waals surface area contributed by atoms with Crippen LogP contribution in [-0.2, 0) is 4.74 Å². The molecule has 1 atom stereocenters. The van der Waals surface area contributed by atoms with Crippen LogP contribution in [-0.4, -0.2) is 43.5 Å². The van der Waals surface area contributed by atoms with E-state index in [0.29, 0.717) is 40.4 Å². The van der Waals surface area contributed by atoms with Crippen molar-refractivity contribution in [3.63, 3.8) is 0 Å². The van der Waals surface area contributed by atoms with E-state index in [1.54, 1.807) is 32.4 Å². The van der Waals surface area contributed by atoms with Crippen molar-refractivity contribution in [1.82, 2.24) is 9.97 Å². The van der Waals surface area contributed by atoms with E-state index < -0.39 is 0 Å². The van der Waals surface area contributed by atoms with E-state index >= 15 is 0 Å². The molecule has 1 aliphatic rings. The number of nitrogens with one attached hydrogen (secondary N) is 1. The Morgan fingerprint density at radius 3 is 2.74 bits per heavy atom. The molecule has 140 valence electrons. The number of halogens is 1. The first-order valence-electron chi connectivity index (χ1n) is 8.35. The van der Waals surface area contributed by atoms with Crippen LogP contribution in [0.1, 0.15) is 0 Å². The molecule has 1 aromatic heterocycles. The number of methoxy groups -OCH3 is 2. The van der Waals surface area contributed by atoms with Crippen LogP contribution >= 0.6 is 11.6 Å². The minimum atomic E-state index is 0.156. The molecule has 0 bridgehead atoms. The van der Waals surface area contributed by atoms with Gasteiger partial charge in [-0.05, 0) is 18.2 Å². The summed E-state index contributed by atoms with van der Waals surface area (Å²) in [7, 11) is 3.20. The quantitative estimate of drug-likeness (QED) is 0.617. The van der Waals surface area contributed by atoms with Crippen LogP contribution in [0.15, 0.2) is 36.7 Å². The first-order chi connectivity index (χ1) is 13.2. The average Bonchev–Trinajstić information content (AvgIpc) is 3.52. The van der Waals surface area contributed by atoms with Crippen molar-refractivity contribution in [3.8, 4) is 17.2 Å².